The fourth-order valence-electron chi connectivity index (χ4n) is 2.06. The molecule has 6 heteroatoms. The maximum Gasteiger partial charge on any atom is 0.230 e. The van der Waals surface area contributed by atoms with Gasteiger partial charge in [0.1, 0.15) is 5.82 Å². The van der Waals surface area contributed by atoms with Gasteiger partial charge in [0.15, 0.2) is 0 Å². The Balaban J connectivity index is 1.75. The molecule has 1 fully saturated rings. The zero-order valence-corrected chi connectivity index (χ0v) is 13.7. The van der Waals surface area contributed by atoms with Gasteiger partial charge in [-0.1, -0.05) is 20.8 Å². The first-order valence-corrected chi connectivity index (χ1v) is 7.76. The summed E-state index contributed by atoms with van der Waals surface area (Å²) in [7, 11) is 0. The summed E-state index contributed by atoms with van der Waals surface area (Å²) in [6.45, 7) is 11.1. The highest BCUT2D eigenvalue weighted by Crippen LogP contribution is 2.17. The number of carbonyl (C=O) groups excluding carboxylic acids is 1. The Bertz CT molecular complexity index is 476. The predicted octanol–water partition coefficient (Wildman–Crippen LogP) is 1.81. The van der Waals surface area contributed by atoms with Crippen molar-refractivity contribution in [3.8, 4) is 0 Å². The lowest BCUT2D eigenvalue weighted by molar-refractivity contribution is -0.123. The number of amides is 1. The minimum Gasteiger partial charge on any atom is -0.383 e. The van der Waals surface area contributed by atoms with Gasteiger partial charge >= 0.3 is 0 Å². The number of pyridine rings is 1. The van der Waals surface area contributed by atoms with Crippen molar-refractivity contribution in [2.45, 2.75) is 20.8 Å². The van der Waals surface area contributed by atoms with E-state index in [1.165, 1.54) is 0 Å². The van der Waals surface area contributed by atoms with Crippen LogP contribution < -0.4 is 10.6 Å². The Hall–Kier alpha value is -1.66. The minimum atomic E-state index is -0.420. The third-order valence-corrected chi connectivity index (χ3v) is 3.55. The average molecular weight is 306 g/mol. The zero-order valence-electron chi connectivity index (χ0n) is 13.7. The molecule has 0 aromatic carbocycles. The maximum atomic E-state index is 11.9. The molecule has 1 aromatic rings. The van der Waals surface area contributed by atoms with E-state index in [9.17, 15) is 4.79 Å². The van der Waals surface area contributed by atoms with Crippen LogP contribution in [0.5, 0.6) is 0 Å². The summed E-state index contributed by atoms with van der Waals surface area (Å²) < 4.78 is 5.33. The van der Waals surface area contributed by atoms with Crippen molar-refractivity contribution in [2.24, 2.45) is 5.41 Å². The second-order valence-corrected chi connectivity index (χ2v) is 6.52. The summed E-state index contributed by atoms with van der Waals surface area (Å²) in [6.07, 6.45) is 1.75. The van der Waals surface area contributed by atoms with Crippen LogP contribution in [0.1, 0.15) is 20.8 Å². The Labute approximate surface area is 132 Å². The van der Waals surface area contributed by atoms with E-state index >= 15 is 0 Å². The van der Waals surface area contributed by atoms with Crippen molar-refractivity contribution in [2.75, 3.05) is 50.0 Å². The first-order chi connectivity index (χ1) is 10.4. The van der Waals surface area contributed by atoms with Crippen LogP contribution in [0.15, 0.2) is 18.3 Å². The Kier molecular flexibility index (Phi) is 5.74. The largest absolute Gasteiger partial charge is 0.383 e. The van der Waals surface area contributed by atoms with Crippen LogP contribution in [0.3, 0.4) is 0 Å². The normalized spacial score (nSPS) is 16.3. The summed E-state index contributed by atoms with van der Waals surface area (Å²) in [5.74, 6) is 0.548. The number of nitrogens with one attached hydrogen (secondary N) is 2. The molecular weight excluding hydrogens is 280 g/mol. The average Bonchev–Trinajstić information content (AvgIpc) is 2.49. The topological polar surface area (TPSA) is 66.5 Å². The molecule has 0 aliphatic carbocycles. The Morgan fingerprint density at radius 1 is 1.32 bits per heavy atom. The van der Waals surface area contributed by atoms with Crippen LogP contribution >= 0.6 is 0 Å². The Morgan fingerprint density at radius 3 is 2.64 bits per heavy atom. The molecule has 0 spiro atoms. The van der Waals surface area contributed by atoms with E-state index in [1.807, 2.05) is 32.9 Å². The summed E-state index contributed by atoms with van der Waals surface area (Å²) in [5.41, 5.74) is 0.540. The van der Waals surface area contributed by atoms with Gasteiger partial charge in [0, 0.05) is 31.6 Å². The lowest BCUT2D eigenvalue weighted by atomic mass is 9.96. The predicted molar refractivity (Wildman–Crippen MR) is 88.1 cm³/mol. The number of morpholine rings is 1. The van der Waals surface area contributed by atoms with Gasteiger partial charge in [-0.25, -0.2) is 4.98 Å². The van der Waals surface area contributed by atoms with Crippen LogP contribution in [0, 0.1) is 5.41 Å². The summed E-state index contributed by atoms with van der Waals surface area (Å²) in [5, 5.41) is 6.16. The lowest BCUT2D eigenvalue weighted by Gasteiger charge is -2.26. The first kappa shape index (κ1) is 16.7. The number of hydrogen-bond acceptors (Lipinski definition) is 5. The van der Waals surface area contributed by atoms with Crippen molar-refractivity contribution in [1.82, 2.24) is 9.88 Å². The fourth-order valence-corrected chi connectivity index (χ4v) is 2.06. The SMILES string of the molecule is CC(C)(C)C(=O)Nc1ccc(NCCN2CCOCC2)cn1. The molecule has 2 N–H and O–H groups in total. The molecule has 122 valence electrons. The second kappa shape index (κ2) is 7.56. The summed E-state index contributed by atoms with van der Waals surface area (Å²) >= 11 is 0. The molecule has 1 aliphatic heterocycles. The highest BCUT2D eigenvalue weighted by atomic mass is 16.5. The standard InChI is InChI=1S/C16H26N4O2/c1-16(2,3)15(21)19-14-5-4-13(12-18-14)17-6-7-20-8-10-22-11-9-20/h4-5,12,17H,6-11H2,1-3H3,(H,18,19,21). The zero-order chi connectivity index (χ0) is 16.0. The van der Waals surface area contributed by atoms with Gasteiger partial charge in [-0.15, -0.1) is 0 Å². The third-order valence-electron chi connectivity index (χ3n) is 3.55. The molecule has 1 amide bonds. The molecule has 1 aliphatic rings. The molecule has 2 rings (SSSR count). The van der Waals surface area contributed by atoms with Crippen LogP contribution in [0.25, 0.3) is 0 Å². The maximum absolute atomic E-state index is 11.9. The molecule has 2 heterocycles. The van der Waals surface area contributed by atoms with Crippen molar-refractivity contribution in [3.05, 3.63) is 18.3 Å². The number of nitrogens with zero attached hydrogens (tertiary/aromatic N) is 2. The highest BCUT2D eigenvalue weighted by Gasteiger charge is 2.21. The van der Waals surface area contributed by atoms with Crippen molar-refractivity contribution in [3.63, 3.8) is 0 Å². The van der Waals surface area contributed by atoms with Gasteiger partial charge in [0.25, 0.3) is 0 Å². The van der Waals surface area contributed by atoms with Gasteiger partial charge in [-0.2, -0.15) is 0 Å². The molecule has 6 nitrogen and oxygen atoms in total. The number of aromatic nitrogens is 1. The number of carbonyl (C=O) groups is 1. The van der Waals surface area contributed by atoms with E-state index in [0.717, 1.165) is 45.1 Å². The van der Waals surface area contributed by atoms with E-state index in [1.54, 1.807) is 6.20 Å². The van der Waals surface area contributed by atoms with Crippen molar-refractivity contribution in [1.29, 1.82) is 0 Å². The van der Waals surface area contributed by atoms with Crippen molar-refractivity contribution < 1.29 is 9.53 Å². The van der Waals surface area contributed by atoms with E-state index in [2.05, 4.69) is 20.5 Å². The third kappa shape index (κ3) is 5.27. The van der Waals surface area contributed by atoms with Crippen LogP contribution in [-0.2, 0) is 9.53 Å². The van der Waals surface area contributed by atoms with E-state index < -0.39 is 5.41 Å². The molecular formula is C16H26N4O2. The quantitative estimate of drug-likeness (QED) is 0.868. The lowest BCUT2D eigenvalue weighted by Crippen LogP contribution is -2.39. The van der Waals surface area contributed by atoms with Crippen molar-refractivity contribution >= 4 is 17.4 Å². The molecule has 0 bridgehead atoms. The summed E-state index contributed by atoms with van der Waals surface area (Å²) in [6, 6.07) is 3.76. The number of anilines is 2. The van der Waals surface area contributed by atoms with E-state index in [4.69, 9.17) is 4.74 Å². The van der Waals surface area contributed by atoms with Gasteiger partial charge in [-0.05, 0) is 12.1 Å². The van der Waals surface area contributed by atoms with Gasteiger partial charge in [0.05, 0.1) is 25.1 Å². The van der Waals surface area contributed by atoms with Gasteiger partial charge < -0.3 is 15.4 Å². The monoisotopic (exact) mass is 306 g/mol. The van der Waals surface area contributed by atoms with Gasteiger partial charge in [0.2, 0.25) is 5.91 Å². The van der Waals surface area contributed by atoms with Crippen LogP contribution in [-0.4, -0.2) is 55.2 Å². The van der Waals surface area contributed by atoms with E-state index in [-0.39, 0.29) is 5.91 Å². The minimum absolute atomic E-state index is 0.0342. The number of ether oxygens (including phenoxy) is 1. The smallest absolute Gasteiger partial charge is 0.230 e. The Morgan fingerprint density at radius 2 is 2.05 bits per heavy atom. The highest BCUT2D eigenvalue weighted by molar-refractivity contribution is 5.93. The molecule has 0 saturated carbocycles. The van der Waals surface area contributed by atoms with Gasteiger partial charge in [-0.3, -0.25) is 9.69 Å². The molecule has 1 saturated heterocycles. The van der Waals surface area contributed by atoms with Crippen LogP contribution in [0.2, 0.25) is 0 Å². The molecule has 0 radical (unpaired) electrons. The molecule has 0 unspecified atom stereocenters. The molecule has 0 atom stereocenters. The molecule has 1 aromatic heterocycles. The fraction of sp³-hybridized carbons (Fsp3) is 0.625. The molecule has 22 heavy (non-hydrogen) atoms. The summed E-state index contributed by atoms with van der Waals surface area (Å²) in [4.78, 5) is 18.5. The van der Waals surface area contributed by atoms with E-state index in [0.29, 0.717) is 5.82 Å². The first-order valence-electron chi connectivity index (χ1n) is 7.76. The van der Waals surface area contributed by atoms with Crippen LogP contribution in [0.4, 0.5) is 11.5 Å². The second-order valence-electron chi connectivity index (χ2n) is 6.52. The number of rotatable bonds is 5. The number of hydrogen-bond donors (Lipinski definition) is 2.